The van der Waals surface area contributed by atoms with Crippen molar-refractivity contribution in [1.29, 1.82) is 0 Å². The number of rotatable bonds is 3. The molecule has 0 atom stereocenters. The minimum absolute atomic E-state index is 0.0804. The van der Waals surface area contributed by atoms with Crippen LogP contribution < -0.4 is 0 Å². The van der Waals surface area contributed by atoms with E-state index in [0.29, 0.717) is 19.3 Å². The molecule has 3 aliphatic rings. The Balaban J connectivity index is 1.93. The fraction of sp³-hybridized carbons (Fsp3) is 0.800. The van der Waals surface area contributed by atoms with Crippen LogP contribution in [0, 0.1) is 5.41 Å². The Morgan fingerprint density at radius 2 is 1.60 bits per heavy atom. The molecular weight excluding hydrogens is 258 g/mol. The minimum Gasteiger partial charge on any atom is -0.481 e. The third-order valence-electron chi connectivity index (χ3n) is 5.45. The standard InChI is InChI=1S/C15H21NO4/c17-11-9-14(5-1-2-6-14)13(20)16(11)15(10-12(18)19)7-3-4-8-15/h1-10H2,(H,18,19). The van der Waals surface area contributed by atoms with Gasteiger partial charge in [-0.25, -0.2) is 0 Å². The summed E-state index contributed by atoms with van der Waals surface area (Å²) in [5.74, 6) is -1.14. The van der Waals surface area contributed by atoms with Gasteiger partial charge >= 0.3 is 5.97 Å². The first-order chi connectivity index (χ1) is 9.49. The van der Waals surface area contributed by atoms with Crippen LogP contribution in [0.1, 0.15) is 64.2 Å². The van der Waals surface area contributed by atoms with Gasteiger partial charge in [0.1, 0.15) is 0 Å². The van der Waals surface area contributed by atoms with Crippen LogP contribution in [-0.2, 0) is 14.4 Å². The van der Waals surface area contributed by atoms with E-state index in [2.05, 4.69) is 0 Å². The maximum absolute atomic E-state index is 12.8. The predicted molar refractivity (Wildman–Crippen MR) is 70.8 cm³/mol. The zero-order valence-electron chi connectivity index (χ0n) is 11.7. The van der Waals surface area contributed by atoms with Crippen molar-refractivity contribution in [2.45, 2.75) is 69.7 Å². The summed E-state index contributed by atoms with van der Waals surface area (Å²) in [6, 6.07) is 0. The van der Waals surface area contributed by atoms with Crippen molar-refractivity contribution < 1.29 is 19.5 Å². The molecule has 20 heavy (non-hydrogen) atoms. The zero-order chi connectivity index (χ0) is 14.4. The lowest BCUT2D eigenvalue weighted by atomic mass is 9.84. The molecule has 0 unspecified atom stereocenters. The first-order valence-corrected chi connectivity index (χ1v) is 7.59. The Bertz CT molecular complexity index is 458. The summed E-state index contributed by atoms with van der Waals surface area (Å²) < 4.78 is 0. The van der Waals surface area contributed by atoms with Gasteiger partial charge in [-0.05, 0) is 25.7 Å². The van der Waals surface area contributed by atoms with Crippen LogP contribution in [0.4, 0.5) is 0 Å². The van der Waals surface area contributed by atoms with Gasteiger partial charge < -0.3 is 5.11 Å². The number of carbonyl (C=O) groups is 3. The van der Waals surface area contributed by atoms with E-state index in [-0.39, 0.29) is 18.2 Å². The van der Waals surface area contributed by atoms with E-state index in [4.69, 9.17) is 0 Å². The third-order valence-corrected chi connectivity index (χ3v) is 5.45. The monoisotopic (exact) mass is 279 g/mol. The van der Waals surface area contributed by atoms with Crippen molar-refractivity contribution in [3.8, 4) is 0 Å². The van der Waals surface area contributed by atoms with Gasteiger partial charge in [-0.3, -0.25) is 19.3 Å². The molecule has 1 spiro atoms. The van der Waals surface area contributed by atoms with Gasteiger partial charge in [0.05, 0.1) is 17.4 Å². The summed E-state index contributed by atoms with van der Waals surface area (Å²) in [6.07, 6.45) is 6.87. The molecule has 2 saturated carbocycles. The highest BCUT2D eigenvalue weighted by Gasteiger charge is 2.59. The molecule has 1 aliphatic heterocycles. The van der Waals surface area contributed by atoms with Gasteiger partial charge in [0.15, 0.2) is 0 Å². The van der Waals surface area contributed by atoms with Crippen molar-refractivity contribution >= 4 is 17.8 Å². The van der Waals surface area contributed by atoms with E-state index in [9.17, 15) is 19.5 Å². The SMILES string of the molecule is O=C(O)CC1(N2C(=O)CC3(CCCC3)C2=O)CCCC1. The second kappa shape index (κ2) is 4.57. The van der Waals surface area contributed by atoms with Crippen LogP contribution in [0.5, 0.6) is 0 Å². The molecule has 2 amide bonds. The van der Waals surface area contributed by atoms with Gasteiger partial charge in [-0.2, -0.15) is 0 Å². The Morgan fingerprint density at radius 3 is 2.15 bits per heavy atom. The van der Waals surface area contributed by atoms with Crippen molar-refractivity contribution in [3.63, 3.8) is 0 Å². The first-order valence-electron chi connectivity index (χ1n) is 7.59. The number of carboxylic acid groups (broad SMARTS) is 1. The summed E-state index contributed by atoms with van der Waals surface area (Å²) in [7, 11) is 0. The third kappa shape index (κ3) is 1.86. The summed E-state index contributed by atoms with van der Waals surface area (Å²) >= 11 is 0. The number of nitrogens with zero attached hydrogens (tertiary/aromatic N) is 1. The maximum atomic E-state index is 12.8. The lowest BCUT2D eigenvalue weighted by Gasteiger charge is -2.37. The lowest BCUT2D eigenvalue weighted by molar-refractivity contribution is -0.152. The van der Waals surface area contributed by atoms with Gasteiger partial charge in [-0.1, -0.05) is 25.7 Å². The molecule has 3 fully saturated rings. The van der Waals surface area contributed by atoms with E-state index in [1.54, 1.807) is 0 Å². The Hall–Kier alpha value is -1.39. The summed E-state index contributed by atoms with van der Waals surface area (Å²) in [4.78, 5) is 37.8. The second-order valence-corrected chi connectivity index (χ2v) is 6.70. The molecule has 110 valence electrons. The molecule has 0 aromatic rings. The number of aliphatic carboxylic acids is 1. The van der Waals surface area contributed by atoms with E-state index in [1.807, 2.05) is 0 Å². The van der Waals surface area contributed by atoms with Gasteiger partial charge in [0.25, 0.3) is 0 Å². The predicted octanol–water partition coefficient (Wildman–Crippen LogP) is 2.09. The van der Waals surface area contributed by atoms with E-state index < -0.39 is 16.9 Å². The van der Waals surface area contributed by atoms with Crippen molar-refractivity contribution in [1.82, 2.24) is 4.90 Å². The molecule has 0 aromatic heterocycles. The van der Waals surface area contributed by atoms with Crippen molar-refractivity contribution in [2.75, 3.05) is 0 Å². The first kappa shape index (κ1) is 13.6. The summed E-state index contributed by atoms with van der Waals surface area (Å²) in [6.45, 7) is 0. The molecule has 3 rings (SSSR count). The second-order valence-electron chi connectivity index (χ2n) is 6.70. The maximum Gasteiger partial charge on any atom is 0.305 e. The number of amides is 2. The van der Waals surface area contributed by atoms with Crippen LogP contribution >= 0.6 is 0 Å². The molecule has 0 radical (unpaired) electrons. The largest absolute Gasteiger partial charge is 0.481 e. The van der Waals surface area contributed by atoms with E-state index in [1.165, 1.54) is 4.90 Å². The highest BCUT2D eigenvalue weighted by atomic mass is 16.4. The molecular formula is C15H21NO4. The fourth-order valence-corrected chi connectivity index (χ4v) is 4.51. The van der Waals surface area contributed by atoms with Crippen LogP contribution in [0.25, 0.3) is 0 Å². The minimum atomic E-state index is -0.917. The Kier molecular flexibility index (Phi) is 3.10. The quantitative estimate of drug-likeness (QED) is 0.803. The zero-order valence-corrected chi connectivity index (χ0v) is 11.7. The number of hydrogen-bond acceptors (Lipinski definition) is 3. The molecule has 1 saturated heterocycles. The highest BCUT2D eigenvalue weighted by Crippen LogP contribution is 2.51. The smallest absolute Gasteiger partial charge is 0.305 e. The number of likely N-dealkylation sites (tertiary alicyclic amines) is 1. The van der Waals surface area contributed by atoms with E-state index in [0.717, 1.165) is 38.5 Å². The topological polar surface area (TPSA) is 74.7 Å². The fourth-order valence-electron chi connectivity index (χ4n) is 4.51. The Morgan fingerprint density at radius 1 is 1.05 bits per heavy atom. The molecule has 0 aromatic carbocycles. The van der Waals surface area contributed by atoms with Crippen LogP contribution in [0.3, 0.4) is 0 Å². The van der Waals surface area contributed by atoms with Gasteiger partial charge in [0, 0.05) is 6.42 Å². The highest BCUT2D eigenvalue weighted by molar-refractivity contribution is 6.07. The normalized spacial score (nSPS) is 27.7. The number of carbonyl (C=O) groups excluding carboxylic acids is 2. The van der Waals surface area contributed by atoms with Crippen molar-refractivity contribution in [2.24, 2.45) is 5.41 Å². The number of carboxylic acids is 1. The molecule has 1 heterocycles. The van der Waals surface area contributed by atoms with Gasteiger partial charge in [-0.15, -0.1) is 0 Å². The average molecular weight is 279 g/mol. The summed E-state index contributed by atoms with van der Waals surface area (Å²) in [5, 5.41) is 9.18. The van der Waals surface area contributed by atoms with Crippen molar-refractivity contribution in [3.05, 3.63) is 0 Å². The number of imide groups is 1. The molecule has 5 heteroatoms. The van der Waals surface area contributed by atoms with Crippen LogP contribution in [0.15, 0.2) is 0 Å². The number of hydrogen-bond donors (Lipinski definition) is 1. The van der Waals surface area contributed by atoms with Crippen LogP contribution in [0.2, 0.25) is 0 Å². The van der Waals surface area contributed by atoms with Gasteiger partial charge in [0.2, 0.25) is 11.8 Å². The molecule has 5 nitrogen and oxygen atoms in total. The molecule has 2 aliphatic carbocycles. The lowest BCUT2D eigenvalue weighted by Crippen LogP contribution is -2.52. The molecule has 1 N–H and O–H groups in total. The molecule has 0 bridgehead atoms. The average Bonchev–Trinajstić information content (AvgIpc) is 3.03. The summed E-state index contributed by atoms with van der Waals surface area (Å²) in [5.41, 5.74) is -1.24. The Labute approximate surface area is 118 Å². The van der Waals surface area contributed by atoms with Crippen LogP contribution in [-0.4, -0.2) is 33.3 Å². The van der Waals surface area contributed by atoms with E-state index >= 15 is 0 Å².